The summed E-state index contributed by atoms with van der Waals surface area (Å²) in [7, 11) is 0. The lowest BCUT2D eigenvalue weighted by molar-refractivity contribution is -0.384. The van der Waals surface area contributed by atoms with Gasteiger partial charge in [0.2, 0.25) is 0 Å². The highest BCUT2D eigenvalue weighted by Gasteiger charge is 2.24. The smallest absolute Gasteiger partial charge is 0.295 e. The number of hydrogen-bond donors (Lipinski definition) is 1. The Labute approximate surface area is 149 Å². The van der Waals surface area contributed by atoms with E-state index in [1.165, 1.54) is 24.3 Å². The van der Waals surface area contributed by atoms with E-state index < -0.39 is 10.7 Å². The molecule has 0 saturated carbocycles. The molecular formula is C18H19F2N3O3. The van der Waals surface area contributed by atoms with Gasteiger partial charge in [-0.3, -0.25) is 15.0 Å². The molecule has 1 saturated heterocycles. The van der Waals surface area contributed by atoms with Crippen molar-refractivity contribution in [3.05, 3.63) is 69.8 Å². The summed E-state index contributed by atoms with van der Waals surface area (Å²) in [5.74, 6) is -0.984. The highest BCUT2D eigenvalue weighted by molar-refractivity contribution is 5.61. The van der Waals surface area contributed by atoms with Crippen molar-refractivity contribution in [1.29, 1.82) is 0 Å². The first-order chi connectivity index (χ1) is 12.5. The number of rotatable bonds is 6. The Bertz CT molecular complexity index is 765. The third-order valence-corrected chi connectivity index (χ3v) is 4.38. The average Bonchev–Trinajstić information content (AvgIpc) is 2.65. The Morgan fingerprint density at radius 2 is 1.77 bits per heavy atom. The number of nitrogens with one attached hydrogen (secondary N) is 1. The standard InChI is InChI=1S/C18H19F2N3O3/c19-14-3-1-13(2-4-14)18(22-7-9-26-10-8-22)12-21-16-6-5-15(20)11-17(16)23(24)25/h1-6,11,18,21H,7-10,12H2. The van der Waals surface area contributed by atoms with Crippen LogP contribution in [0.3, 0.4) is 0 Å². The highest BCUT2D eigenvalue weighted by atomic mass is 19.1. The first kappa shape index (κ1) is 18.2. The molecular weight excluding hydrogens is 344 g/mol. The van der Waals surface area contributed by atoms with Crippen molar-refractivity contribution in [1.82, 2.24) is 4.90 Å². The van der Waals surface area contributed by atoms with Crippen LogP contribution in [0.5, 0.6) is 0 Å². The Kier molecular flexibility index (Phi) is 5.75. The molecule has 1 aliphatic heterocycles. The van der Waals surface area contributed by atoms with Gasteiger partial charge in [-0.2, -0.15) is 0 Å². The monoisotopic (exact) mass is 363 g/mol. The molecule has 3 rings (SSSR count). The molecule has 6 nitrogen and oxygen atoms in total. The van der Waals surface area contributed by atoms with Crippen LogP contribution in [0.2, 0.25) is 0 Å². The van der Waals surface area contributed by atoms with Gasteiger partial charge in [-0.15, -0.1) is 0 Å². The van der Waals surface area contributed by atoms with Gasteiger partial charge >= 0.3 is 0 Å². The molecule has 1 aliphatic rings. The van der Waals surface area contributed by atoms with Crippen LogP contribution >= 0.6 is 0 Å². The molecule has 0 amide bonds. The molecule has 0 aromatic heterocycles. The van der Waals surface area contributed by atoms with Crippen LogP contribution in [-0.2, 0) is 4.74 Å². The van der Waals surface area contributed by atoms with Crippen LogP contribution in [0.15, 0.2) is 42.5 Å². The van der Waals surface area contributed by atoms with Gasteiger partial charge in [0.05, 0.1) is 30.2 Å². The summed E-state index contributed by atoms with van der Waals surface area (Å²) in [5, 5.41) is 14.2. The minimum atomic E-state index is -0.662. The molecule has 1 unspecified atom stereocenters. The first-order valence-corrected chi connectivity index (χ1v) is 8.29. The summed E-state index contributed by atoms with van der Waals surface area (Å²) < 4.78 is 32.0. The first-order valence-electron chi connectivity index (χ1n) is 8.29. The van der Waals surface area contributed by atoms with Gasteiger partial charge in [-0.25, -0.2) is 8.78 Å². The van der Waals surface area contributed by atoms with Crippen molar-refractivity contribution in [3.63, 3.8) is 0 Å². The van der Waals surface area contributed by atoms with E-state index in [0.717, 1.165) is 11.6 Å². The molecule has 2 aromatic rings. The van der Waals surface area contributed by atoms with Crippen LogP contribution in [0, 0.1) is 21.7 Å². The molecule has 0 aliphatic carbocycles. The van der Waals surface area contributed by atoms with Gasteiger partial charge in [0.25, 0.3) is 5.69 Å². The number of morpholine rings is 1. The number of benzene rings is 2. The molecule has 8 heteroatoms. The van der Waals surface area contributed by atoms with Crippen molar-refractivity contribution >= 4 is 11.4 Å². The number of anilines is 1. The Morgan fingerprint density at radius 3 is 2.42 bits per heavy atom. The van der Waals surface area contributed by atoms with Crippen LogP contribution in [0.4, 0.5) is 20.2 Å². The fourth-order valence-corrected chi connectivity index (χ4v) is 3.04. The molecule has 0 bridgehead atoms. The summed E-state index contributed by atoms with van der Waals surface area (Å²) in [6, 6.07) is 9.50. The number of nitro benzene ring substituents is 1. The zero-order valence-electron chi connectivity index (χ0n) is 14.0. The largest absolute Gasteiger partial charge is 0.379 e. The summed E-state index contributed by atoms with van der Waals surface area (Å²) in [6.07, 6.45) is 0. The van der Waals surface area contributed by atoms with Gasteiger partial charge in [-0.05, 0) is 29.8 Å². The predicted molar refractivity (Wildman–Crippen MR) is 93.1 cm³/mol. The van der Waals surface area contributed by atoms with Crippen molar-refractivity contribution in [3.8, 4) is 0 Å². The van der Waals surface area contributed by atoms with Gasteiger partial charge in [0.1, 0.15) is 17.3 Å². The Balaban J connectivity index is 1.82. The maximum atomic E-state index is 13.3. The van der Waals surface area contributed by atoms with E-state index in [-0.39, 0.29) is 23.2 Å². The summed E-state index contributed by atoms with van der Waals surface area (Å²) >= 11 is 0. The molecule has 2 aromatic carbocycles. The van der Waals surface area contributed by atoms with E-state index in [2.05, 4.69) is 10.2 Å². The van der Waals surface area contributed by atoms with E-state index in [1.54, 1.807) is 12.1 Å². The van der Waals surface area contributed by atoms with Gasteiger partial charge in [-0.1, -0.05) is 12.1 Å². The normalized spacial score (nSPS) is 16.2. The molecule has 1 N–H and O–H groups in total. The topological polar surface area (TPSA) is 67.6 Å². The maximum absolute atomic E-state index is 13.3. The number of nitro groups is 1. The summed E-state index contributed by atoms with van der Waals surface area (Å²) in [6.45, 7) is 2.95. The zero-order valence-corrected chi connectivity index (χ0v) is 14.0. The highest BCUT2D eigenvalue weighted by Crippen LogP contribution is 2.28. The summed E-state index contributed by atoms with van der Waals surface area (Å²) in [4.78, 5) is 12.7. The minimum Gasteiger partial charge on any atom is -0.379 e. The van der Waals surface area contributed by atoms with Crippen LogP contribution in [-0.4, -0.2) is 42.7 Å². The van der Waals surface area contributed by atoms with Gasteiger partial charge in [0.15, 0.2) is 0 Å². The van der Waals surface area contributed by atoms with Crippen molar-refractivity contribution in [2.75, 3.05) is 38.2 Å². The van der Waals surface area contributed by atoms with Crippen LogP contribution < -0.4 is 5.32 Å². The maximum Gasteiger partial charge on any atom is 0.295 e. The fourth-order valence-electron chi connectivity index (χ4n) is 3.04. The van der Waals surface area contributed by atoms with Crippen LogP contribution in [0.25, 0.3) is 0 Å². The van der Waals surface area contributed by atoms with E-state index in [0.29, 0.717) is 32.8 Å². The quantitative estimate of drug-likeness (QED) is 0.630. The van der Waals surface area contributed by atoms with E-state index >= 15 is 0 Å². The zero-order chi connectivity index (χ0) is 18.5. The lowest BCUT2D eigenvalue weighted by atomic mass is 10.0. The van der Waals surface area contributed by atoms with Crippen molar-refractivity contribution < 1.29 is 18.4 Å². The molecule has 26 heavy (non-hydrogen) atoms. The Morgan fingerprint density at radius 1 is 1.12 bits per heavy atom. The third kappa shape index (κ3) is 4.33. The fraction of sp³-hybridized carbons (Fsp3) is 0.333. The average molecular weight is 363 g/mol. The lowest BCUT2D eigenvalue weighted by Gasteiger charge is -2.35. The second kappa shape index (κ2) is 8.20. The molecule has 0 spiro atoms. The number of hydrogen-bond acceptors (Lipinski definition) is 5. The predicted octanol–water partition coefficient (Wildman–Crippen LogP) is 3.36. The van der Waals surface area contributed by atoms with Crippen molar-refractivity contribution in [2.24, 2.45) is 0 Å². The Hall–Kier alpha value is -2.58. The van der Waals surface area contributed by atoms with Gasteiger partial charge < -0.3 is 10.1 Å². The molecule has 138 valence electrons. The minimum absolute atomic E-state index is 0.121. The summed E-state index contributed by atoms with van der Waals surface area (Å²) in [5.41, 5.74) is 0.826. The lowest BCUT2D eigenvalue weighted by Crippen LogP contribution is -2.41. The molecule has 0 radical (unpaired) electrons. The second-order valence-electron chi connectivity index (χ2n) is 6.02. The second-order valence-corrected chi connectivity index (χ2v) is 6.02. The van der Waals surface area contributed by atoms with Gasteiger partial charge in [0, 0.05) is 19.6 Å². The van der Waals surface area contributed by atoms with E-state index in [1.807, 2.05) is 0 Å². The SMILES string of the molecule is O=[N+]([O-])c1cc(F)ccc1NCC(c1ccc(F)cc1)N1CCOCC1. The molecule has 1 fully saturated rings. The number of nitrogens with zero attached hydrogens (tertiary/aromatic N) is 2. The number of ether oxygens (including phenoxy) is 1. The van der Waals surface area contributed by atoms with E-state index in [4.69, 9.17) is 4.74 Å². The van der Waals surface area contributed by atoms with E-state index in [9.17, 15) is 18.9 Å². The molecule has 1 atom stereocenters. The number of halogens is 2. The van der Waals surface area contributed by atoms with Crippen LogP contribution in [0.1, 0.15) is 11.6 Å². The van der Waals surface area contributed by atoms with Crippen molar-refractivity contribution in [2.45, 2.75) is 6.04 Å². The third-order valence-electron chi connectivity index (χ3n) is 4.38. The molecule has 1 heterocycles.